The molecule has 1 N–H and O–H groups in total. The molecular formula is C31H38F2O2. The molecule has 4 heteroatoms. The first-order chi connectivity index (χ1) is 16.9. The van der Waals surface area contributed by atoms with E-state index in [2.05, 4.69) is 32.0 Å². The summed E-state index contributed by atoms with van der Waals surface area (Å²) in [5, 5.41) is 9.12. The third-order valence-electron chi connectivity index (χ3n) is 6.53. The molecule has 3 aromatic rings. The van der Waals surface area contributed by atoms with Gasteiger partial charge in [0.15, 0.2) is 0 Å². The second-order valence-electron chi connectivity index (χ2n) is 9.12. The molecule has 0 aliphatic rings. The molecule has 0 spiro atoms. The van der Waals surface area contributed by atoms with E-state index >= 15 is 0 Å². The van der Waals surface area contributed by atoms with Crippen molar-refractivity contribution in [1.29, 1.82) is 0 Å². The topological polar surface area (TPSA) is 29.5 Å². The number of halogens is 2. The number of aryl methyl sites for hydroxylation is 4. The molecule has 0 heterocycles. The summed E-state index contributed by atoms with van der Waals surface area (Å²) in [6.45, 7) is 6.47. The molecule has 0 saturated heterocycles. The van der Waals surface area contributed by atoms with Crippen LogP contribution in [0, 0.1) is 0 Å². The van der Waals surface area contributed by atoms with Gasteiger partial charge in [-0.2, -0.15) is 8.78 Å². The van der Waals surface area contributed by atoms with Gasteiger partial charge in [0.05, 0.1) is 5.56 Å². The Morgan fingerprint density at radius 3 is 1.94 bits per heavy atom. The molecule has 188 valence electrons. The fourth-order valence-electron chi connectivity index (χ4n) is 4.48. The molecule has 0 aliphatic heterocycles. The van der Waals surface area contributed by atoms with Crippen molar-refractivity contribution in [1.82, 2.24) is 0 Å². The first-order valence-electron chi connectivity index (χ1n) is 12.9. The van der Waals surface area contributed by atoms with Crippen LogP contribution in [0.25, 0.3) is 11.1 Å². The van der Waals surface area contributed by atoms with Crippen molar-refractivity contribution in [2.24, 2.45) is 0 Å². The monoisotopic (exact) mass is 480 g/mol. The molecule has 35 heavy (non-hydrogen) atoms. The lowest BCUT2D eigenvalue weighted by Gasteiger charge is -2.20. The van der Waals surface area contributed by atoms with Gasteiger partial charge in [-0.15, -0.1) is 0 Å². The van der Waals surface area contributed by atoms with E-state index in [0.717, 1.165) is 67.2 Å². The predicted molar refractivity (Wildman–Crippen MR) is 140 cm³/mol. The van der Waals surface area contributed by atoms with Crippen molar-refractivity contribution in [3.05, 3.63) is 88.5 Å². The maximum atomic E-state index is 15.0. The van der Waals surface area contributed by atoms with E-state index in [9.17, 15) is 8.78 Å². The molecular weight excluding hydrogens is 442 g/mol. The number of rotatable bonds is 13. The lowest BCUT2D eigenvalue weighted by molar-refractivity contribution is -0.185. The smallest absolute Gasteiger partial charge is 0.426 e. The van der Waals surface area contributed by atoms with Crippen molar-refractivity contribution >= 4 is 0 Å². The SMILES string of the molecule is CCCCCc1ccc(C(F)(F)Oc2ccc(-c3ccc(CCCO)cc3CC)c(CC)c2)cc1. The Hall–Kier alpha value is -2.72. The average molecular weight is 481 g/mol. The van der Waals surface area contributed by atoms with E-state index in [4.69, 9.17) is 9.84 Å². The summed E-state index contributed by atoms with van der Waals surface area (Å²) in [5.74, 6) is 0.167. The van der Waals surface area contributed by atoms with E-state index < -0.39 is 6.11 Å². The number of benzene rings is 3. The van der Waals surface area contributed by atoms with Gasteiger partial charge in [-0.25, -0.2) is 0 Å². The quantitative estimate of drug-likeness (QED) is 0.250. The Morgan fingerprint density at radius 1 is 0.714 bits per heavy atom. The lowest BCUT2D eigenvalue weighted by Crippen LogP contribution is -2.22. The zero-order valence-electron chi connectivity index (χ0n) is 21.2. The highest BCUT2D eigenvalue weighted by Crippen LogP contribution is 2.36. The third-order valence-corrected chi connectivity index (χ3v) is 6.53. The summed E-state index contributed by atoms with van der Waals surface area (Å²) in [7, 11) is 0. The maximum absolute atomic E-state index is 15.0. The fraction of sp³-hybridized carbons (Fsp3) is 0.419. The highest BCUT2D eigenvalue weighted by molar-refractivity contribution is 5.72. The normalized spacial score (nSPS) is 11.6. The Morgan fingerprint density at radius 2 is 1.31 bits per heavy atom. The first-order valence-corrected chi connectivity index (χ1v) is 12.9. The number of ether oxygens (including phenoxy) is 1. The van der Waals surface area contributed by atoms with Crippen LogP contribution in [0.1, 0.15) is 74.3 Å². The van der Waals surface area contributed by atoms with Crippen molar-refractivity contribution < 1.29 is 18.6 Å². The zero-order chi connectivity index (χ0) is 25.3. The molecule has 0 atom stereocenters. The van der Waals surface area contributed by atoms with Gasteiger partial charge in [0.25, 0.3) is 0 Å². The van der Waals surface area contributed by atoms with Crippen LogP contribution in [0.4, 0.5) is 8.78 Å². The maximum Gasteiger partial charge on any atom is 0.426 e. The minimum atomic E-state index is -3.41. The molecule has 0 bridgehead atoms. The van der Waals surface area contributed by atoms with E-state index in [0.29, 0.717) is 6.42 Å². The molecule has 3 rings (SSSR count). The second kappa shape index (κ2) is 12.8. The first kappa shape index (κ1) is 26.9. The van der Waals surface area contributed by atoms with Gasteiger partial charge in [-0.1, -0.05) is 70.0 Å². The highest BCUT2D eigenvalue weighted by atomic mass is 19.3. The molecule has 0 amide bonds. The minimum absolute atomic E-state index is 0.134. The average Bonchev–Trinajstić information content (AvgIpc) is 2.87. The number of aliphatic hydroxyl groups excluding tert-OH is 1. The van der Waals surface area contributed by atoms with E-state index in [1.54, 1.807) is 24.3 Å². The van der Waals surface area contributed by atoms with Crippen LogP contribution >= 0.6 is 0 Å². The van der Waals surface area contributed by atoms with Crippen molar-refractivity contribution in [3.8, 4) is 16.9 Å². The lowest BCUT2D eigenvalue weighted by atomic mass is 9.91. The molecule has 0 radical (unpaired) electrons. The van der Waals surface area contributed by atoms with Gasteiger partial charge in [0, 0.05) is 6.61 Å². The van der Waals surface area contributed by atoms with Crippen LogP contribution < -0.4 is 4.74 Å². The summed E-state index contributed by atoms with van der Waals surface area (Å²) < 4.78 is 35.2. The van der Waals surface area contributed by atoms with Gasteiger partial charge in [-0.05, 0) is 96.2 Å². The van der Waals surface area contributed by atoms with E-state index in [1.165, 1.54) is 23.3 Å². The number of alkyl halides is 2. The summed E-state index contributed by atoms with van der Waals surface area (Å²) in [5.41, 5.74) is 6.50. The summed E-state index contributed by atoms with van der Waals surface area (Å²) in [6.07, 6.45) is 4.01. The molecule has 0 saturated carbocycles. The number of unbranched alkanes of at least 4 members (excludes halogenated alkanes) is 2. The second-order valence-corrected chi connectivity index (χ2v) is 9.12. The standard InChI is InChI=1S/C31H38F2O2/c1-4-7-8-10-23-12-15-27(16-13-23)31(32,33)35-28-17-19-30(26(6-3)22-28)29-18-14-24(11-9-20-34)21-25(29)5-2/h12-19,21-22,34H,4-11,20H2,1-3H3. The summed E-state index contributed by atoms with van der Waals surface area (Å²) in [4.78, 5) is 0. The van der Waals surface area contributed by atoms with Crippen molar-refractivity contribution in [2.75, 3.05) is 6.61 Å². The molecule has 0 fully saturated rings. The zero-order valence-corrected chi connectivity index (χ0v) is 21.2. The number of hydrogen-bond acceptors (Lipinski definition) is 2. The minimum Gasteiger partial charge on any atom is -0.429 e. The molecule has 0 unspecified atom stereocenters. The van der Waals surface area contributed by atoms with Crippen molar-refractivity contribution in [3.63, 3.8) is 0 Å². The van der Waals surface area contributed by atoms with Gasteiger partial charge in [-0.3, -0.25) is 0 Å². The van der Waals surface area contributed by atoms with E-state index in [-0.39, 0.29) is 17.9 Å². The van der Waals surface area contributed by atoms with Crippen LogP contribution in [0.3, 0.4) is 0 Å². The van der Waals surface area contributed by atoms with Crippen molar-refractivity contribution in [2.45, 2.75) is 78.2 Å². The molecule has 0 aliphatic carbocycles. The number of hydrogen-bond donors (Lipinski definition) is 1. The predicted octanol–water partition coefficient (Wildman–Crippen LogP) is 8.26. The van der Waals surface area contributed by atoms with Crippen LogP contribution in [0.5, 0.6) is 5.75 Å². The molecule has 2 nitrogen and oxygen atoms in total. The van der Waals surface area contributed by atoms with Crippen LogP contribution in [-0.2, 0) is 31.8 Å². The van der Waals surface area contributed by atoms with Crippen LogP contribution in [-0.4, -0.2) is 11.7 Å². The van der Waals surface area contributed by atoms with Crippen LogP contribution in [0.15, 0.2) is 60.7 Å². The summed E-state index contributed by atoms with van der Waals surface area (Å²) in [6, 6.07) is 18.2. The van der Waals surface area contributed by atoms with E-state index in [1.807, 2.05) is 13.0 Å². The third kappa shape index (κ3) is 7.14. The summed E-state index contributed by atoms with van der Waals surface area (Å²) >= 11 is 0. The Balaban J connectivity index is 1.80. The Kier molecular flexibility index (Phi) is 9.85. The van der Waals surface area contributed by atoms with Gasteiger partial charge >= 0.3 is 6.11 Å². The fourth-order valence-corrected chi connectivity index (χ4v) is 4.48. The van der Waals surface area contributed by atoms with Gasteiger partial charge in [0.2, 0.25) is 0 Å². The Labute approximate surface area is 209 Å². The largest absolute Gasteiger partial charge is 0.429 e. The molecule has 3 aromatic carbocycles. The number of aliphatic hydroxyl groups is 1. The van der Waals surface area contributed by atoms with Gasteiger partial charge in [0.1, 0.15) is 5.75 Å². The van der Waals surface area contributed by atoms with Crippen LogP contribution in [0.2, 0.25) is 0 Å². The molecule has 0 aromatic heterocycles. The highest BCUT2D eigenvalue weighted by Gasteiger charge is 2.34. The van der Waals surface area contributed by atoms with Gasteiger partial charge < -0.3 is 9.84 Å². The Bertz CT molecular complexity index is 1070.